The molecule has 0 bridgehead atoms. The third-order valence-corrected chi connectivity index (χ3v) is 2.54. The lowest BCUT2D eigenvalue weighted by Crippen LogP contribution is -2.05. The summed E-state index contributed by atoms with van der Waals surface area (Å²) in [6, 6.07) is 4.46. The van der Waals surface area contributed by atoms with Crippen LogP contribution in [0.15, 0.2) is 24.5 Å². The second-order valence-electron chi connectivity index (χ2n) is 3.85. The maximum absolute atomic E-state index is 13.6. The first-order chi connectivity index (χ1) is 9.65. The predicted molar refractivity (Wildman–Crippen MR) is 73.8 cm³/mol. The summed E-state index contributed by atoms with van der Waals surface area (Å²) in [6.45, 7) is 2.27. The molecule has 0 unspecified atom stereocenters. The van der Waals surface area contributed by atoms with Crippen LogP contribution in [-0.4, -0.2) is 23.7 Å². The first-order valence-electron chi connectivity index (χ1n) is 5.99. The molecule has 2 rings (SSSR count). The Bertz CT molecular complexity index is 607. The van der Waals surface area contributed by atoms with E-state index in [9.17, 15) is 4.39 Å². The average Bonchev–Trinajstić information content (AvgIpc) is 2.44. The van der Waals surface area contributed by atoms with Crippen LogP contribution >= 0.6 is 0 Å². The lowest BCUT2D eigenvalue weighted by atomic mass is 10.3. The molecule has 0 spiro atoms. The van der Waals surface area contributed by atoms with Gasteiger partial charge in [-0.3, -0.25) is 0 Å². The van der Waals surface area contributed by atoms with Gasteiger partial charge in [0.2, 0.25) is 5.88 Å². The number of aromatic nitrogens is 2. The highest BCUT2D eigenvalue weighted by atomic mass is 19.1. The fourth-order valence-electron chi connectivity index (χ4n) is 1.61. The van der Waals surface area contributed by atoms with E-state index in [0.717, 1.165) is 0 Å². The molecule has 106 valence electrons. The third-order valence-electron chi connectivity index (χ3n) is 2.54. The zero-order chi connectivity index (χ0) is 14.5. The molecule has 3 N–H and O–H groups in total. The molecule has 7 heteroatoms. The summed E-state index contributed by atoms with van der Waals surface area (Å²) < 4.78 is 23.7. The molecule has 0 amide bonds. The molecule has 6 nitrogen and oxygen atoms in total. The highest BCUT2D eigenvalue weighted by Crippen LogP contribution is 2.29. The summed E-state index contributed by atoms with van der Waals surface area (Å²) in [5.41, 5.74) is 6.65. The van der Waals surface area contributed by atoms with Crippen molar-refractivity contribution in [1.29, 1.82) is 0 Å². The van der Waals surface area contributed by atoms with Gasteiger partial charge in [-0.1, -0.05) is 0 Å². The van der Waals surface area contributed by atoms with E-state index in [1.807, 2.05) is 6.92 Å². The van der Waals surface area contributed by atoms with E-state index in [1.165, 1.54) is 25.6 Å². The van der Waals surface area contributed by atoms with Crippen molar-refractivity contribution in [3.05, 3.63) is 30.3 Å². The maximum Gasteiger partial charge on any atom is 0.242 e. The van der Waals surface area contributed by atoms with Gasteiger partial charge < -0.3 is 20.5 Å². The predicted octanol–water partition coefficient (Wildman–Crippen LogP) is 2.35. The average molecular weight is 278 g/mol. The number of ether oxygens (including phenoxy) is 2. The molecule has 0 aliphatic rings. The molecule has 0 saturated heterocycles. The van der Waals surface area contributed by atoms with Gasteiger partial charge in [0.15, 0.2) is 17.4 Å². The molecule has 1 aromatic heterocycles. The fraction of sp³-hybridized carbons (Fsp3) is 0.231. The minimum absolute atomic E-state index is 0.168. The van der Waals surface area contributed by atoms with Crippen molar-refractivity contribution in [2.24, 2.45) is 0 Å². The number of anilines is 3. The fourth-order valence-corrected chi connectivity index (χ4v) is 1.61. The standard InChI is InChI=1S/C13H15FN4O2/c1-3-20-13-11(15)12(16-7-17-13)18-8-4-5-10(19-2)9(14)6-8/h4-7H,3,15H2,1-2H3,(H,16,17,18). The van der Waals surface area contributed by atoms with Crippen LogP contribution in [0, 0.1) is 5.82 Å². The van der Waals surface area contributed by atoms with Gasteiger partial charge in [-0.25, -0.2) is 9.37 Å². The van der Waals surface area contributed by atoms with Gasteiger partial charge in [-0.2, -0.15) is 4.98 Å². The highest BCUT2D eigenvalue weighted by Gasteiger charge is 2.10. The molecule has 2 aromatic rings. The second kappa shape index (κ2) is 6.05. The van der Waals surface area contributed by atoms with Crippen LogP contribution in [0.5, 0.6) is 11.6 Å². The van der Waals surface area contributed by atoms with Crippen molar-refractivity contribution in [1.82, 2.24) is 9.97 Å². The topological polar surface area (TPSA) is 82.3 Å². The Morgan fingerprint density at radius 3 is 2.80 bits per heavy atom. The Morgan fingerprint density at radius 2 is 2.15 bits per heavy atom. The Balaban J connectivity index is 2.26. The second-order valence-corrected chi connectivity index (χ2v) is 3.85. The smallest absolute Gasteiger partial charge is 0.242 e. The van der Waals surface area contributed by atoms with E-state index in [0.29, 0.717) is 24.0 Å². The van der Waals surface area contributed by atoms with Crippen LogP contribution in [0.3, 0.4) is 0 Å². The zero-order valence-corrected chi connectivity index (χ0v) is 11.2. The van der Waals surface area contributed by atoms with Crippen molar-refractivity contribution in [3.8, 4) is 11.6 Å². The minimum atomic E-state index is -0.477. The lowest BCUT2D eigenvalue weighted by Gasteiger charge is -2.11. The molecule has 1 heterocycles. The van der Waals surface area contributed by atoms with Crippen LogP contribution in [0.25, 0.3) is 0 Å². The van der Waals surface area contributed by atoms with Gasteiger partial charge in [-0.05, 0) is 19.1 Å². The quantitative estimate of drug-likeness (QED) is 0.873. The molecule has 0 fully saturated rings. The summed E-state index contributed by atoms with van der Waals surface area (Å²) in [4.78, 5) is 7.93. The molecule has 0 radical (unpaired) electrons. The SMILES string of the molecule is CCOc1ncnc(Nc2ccc(OC)c(F)c2)c1N. The highest BCUT2D eigenvalue weighted by molar-refractivity contribution is 5.72. The number of methoxy groups -OCH3 is 1. The number of rotatable bonds is 5. The molecular weight excluding hydrogens is 263 g/mol. The number of hydrogen-bond acceptors (Lipinski definition) is 6. The Morgan fingerprint density at radius 1 is 1.35 bits per heavy atom. The monoisotopic (exact) mass is 278 g/mol. The number of nitrogens with zero attached hydrogens (tertiary/aromatic N) is 2. The van der Waals surface area contributed by atoms with Crippen LogP contribution < -0.4 is 20.5 Å². The first-order valence-corrected chi connectivity index (χ1v) is 5.99. The molecule has 0 aliphatic heterocycles. The first kappa shape index (κ1) is 13.9. The van der Waals surface area contributed by atoms with Gasteiger partial charge in [-0.15, -0.1) is 0 Å². The summed E-state index contributed by atoms with van der Waals surface area (Å²) in [7, 11) is 1.41. The zero-order valence-electron chi connectivity index (χ0n) is 11.2. The molecule has 0 saturated carbocycles. The summed E-state index contributed by atoms with van der Waals surface area (Å²) in [6.07, 6.45) is 1.32. The van der Waals surface area contributed by atoms with Crippen molar-refractivity contribution >= 4 is 17.2 Å². The Hall–Kier alpha value is -2.57. The third kappa shape index (κ3) is 2.87. The maximum atomic E-state index is 13.6. The lowest BCUT2D eigenvalue weighted by molar-refractivity contribution is 0.328. The van der Waals surface area contributed by atoms with E-state index < -0.39 is 5.82 Å². The molecular formula is C13H15FN4O2. The number of nitrogens with one attached hydrogen (secondary N) is 1. The van der Waals surface area contributed by atoms with E-state index in [2.05, 4.69) is 15.3 Å². The number of halogens is 1. The van der Waals surface area contributed by atoms with Crippen LogP contribution in [0.2, 0.25) is 0 Å². The Labute approximate surface area is 115 Å². The van der Waals surface area contributed by atoms with Gasteiger partial charge in [0, 0.05) is 11.8 Å². The van der Waals surface area contributed by atoms with Crippen LogP contribution in [0.1, 0.15) is 6.92 Å². The number of benzene rings is 1. The van der Waals surface area contributed by atoms with Crippen molar-refractivity contribution in [2.75, 3.05) is 24.8 Å². The largest absolute Gasteiger partial charge is 0.494 e. The van der Waals surface area contributed by atoms with Gasteiger partial charge in [0.05, 0.1) is 13.7 Å². The number of hydrogen-bond donors (Lipinski definition) is 2. The van der Waals surface area contributed by atoms with E-state index >= 15 is 0 Å². The van der Waals surface area contributed by atoms with Crippen molar-refractivity contribution in [2.45, 2.75) is 6.92 Å². The number of nitrogens with two attached hydrogens (primary N) is 1. The van der Waals surface area contributed by atoms with Crippen LogP contribution in [-0.2, 0) is 0 Å². The molecule has 0 atom stereocenters. The molecule has 20 heavy (non-hydrogen) atoms. The molecule has 1 aromatic carbocycles. The normalized spacial score (nSPS) is 10.2. The summed E-state index contributed by atoms with van der Waals surface area (Å²) >= 11 is 0. The van der Waals surface area contributed by atoms with Crippen LogP contribution in [0.4, 0.5) is 21.6 Å². The van der Waals surface area contributed by atoms with Gasteiger partial charge in [0.25, 0.3) is 0 Å². The number of nitrogen functional groups attached to an aromatic ring is 1. The van der Waals surface area contributed by atoms with Gasteiger partial charge in [0.1, 0.15) is 12.0 Å². The Kier molecular flexibility index (Phi) is 4.19. The summed E-state index contributed by atoms with van der Waals surface area (Å²) in [5, 5.41) is 2.91. The van der Waals surface area contributed by atoms with Crippen molar-refractivity contribution in [3.63, 3.8) is 0 Å². The minimum Gasteiger partial charge on any atom is -0.494 e. The molecule has 0 aliphatic carbocycles. The van der Waals surface area contributed by atoms with Crippen molar-refractivity contribution < 1.29 is 13.9 Å². The van der Waals surface area contributed by atoms with E-state index in [4.69, 9.17) is 15.2 Å². The summed E-state index contributed by atoms with van der Waals surface area (Å²) in [5.74, 6) is 0.336. The van der Waals surface area contributed by atoms with E-state index in [1.54, 1.807) is 6.07 Å². The van der Waals surface area contributed by atoms with Gasteiger partial charge >= 0.3 is 0 Å². The van der Waals surface area contributed by atoms with E-state index in [-0.39, 0.29) is 11.4 Å².